The van der Waals surface area contributed by atoms with Crippen molar-refractivity contribution in [1.82, 2.24) is 14.5 Å². The molecule has 4 aromatic rings. The molecule has 3 heterocycles. The van der Waals surface area contributed by atoms with Crippen LogP contribution < -0.4 is 23.8 Å². The van der Waals surface area contributed by atoms with Gasteiger partial charge in [0.15, 0.2) is 0 Å². The van der Waals surface area contributed by atoms with Crippen LogP contribution in [-0.2, 0) is 25.9 Å². The molecular formula is C33H34F3N5O6. The van der Waals surface area contributed by atoms with Crippen molar-refractivity contribution in [3.63, 3.8) is 0 Å². The molecule has 11 nitrogen and oxygen atoms in total. The van der Waals surface area contributed by atoms with Crippen LogP contribution in [0, 0.1) is 10.1 Å². The molecule has 0 amide bonds. The second kappa shape index (κ2) is 13.8. The smallest absolute Gasteiger partial charge is 0.416 e. The summed E-state index contributed by atoms with van der Waals surface area (Å²) in [7, 11) is 1.61. The van der Waals surface area contributed by atoms with Gasteiger partial charge >= 0.3 is 18.0 Å². The molecule has 1 atom stereocenters. The predicted molar refractivity (Wildman–Crippen MR) is 166 cm³/mol. The number of imidazole rings is 1. The van der Waals surface area contributed by atoms with Crippen molar-refractivity contribution in [2.24, 2.45) is 0 Å². The van der Waals surface area contributed by atoms with Gasteiger partial charge in [0.05, 0.1) is 12.7 Å². The predicted octanol–water partition coefficient (Wildman–Crippen LogP) is 5.95. The summed E-state index contributed by atoms with van der Waals surface area (Å²) in [5.74, 6) is 1.76. The van der Waals surface area contributed by atoms with E-state index in [1.165, 1.54) is 18.3 Å². The molecule has 0 unspecified atom stereocenters. The third-order valence-electron chi connectivity index (χ3n) is 8.23. The average molecular weight is 654 g/mol. The minimum atomic E-state index is -4.37. The van der Waals surface area contributed by atoms with Crippen molar-refractivity contribution < 1.29 is 37.0 Å². The van der Waals surface area contributed by atoms with Crippen LogP contribution in [-0.4, -0.2) is 65.4 Å². The van der Waals surface area contributed by atoms with Crippen LogP contribution in [0.4, 0.5) is 24.7 Å². The minimum absolute atomic E-state index is 0.145. The lowest BCUT2D eigenvalue weighted by molar-refractivity contribution is -0.389. The van der Waals surface area contributed by atoms with Gasteiger partial charge in [-0.1, -0.05) is 18.2 Å². The molecule has 1 fully saturated rings. The van der Waals surface area contributed by atoms with E-state index in [0.717, 1.165) is 55.3 Å². The molecule has 2 aliphatic heterocycles. The standard InChI is InChI=1S/C33H34F3N5O6/c1-44-30-18-28(45-21-23-2-5-25(6-3-23)33(34,35)36)9-4-24(30)19-38-14-16-39(17-15-38)26-7-10-27(11-8-26)46-22-29-12-13-40-20-31(41(42)43)37-32(40)47-29/h2-11,18,20,29H,12-17,19,21-22H2,1H3/t29-/m1/s1. The number of benzene rings is 3. The number of rotatable bonds is 11. The summed E-state index contributed by atoms with van der Waals surface area (Å²) in [6, 6.07) is 18.7. The number of ether oxygens (including phenoxy) is 4. The third kappa shape index (κ3) is 7.88. The highest BCUT2D eigenvalue weighted by Crippen LogP contribution is 2.31. The van der Waals surface area contributed by atoms with Gasteiger partial charge in [0, 0.05) is 68.0 Å². The summed E-state index contributed by atoms with van der Waals surface area (Å²) in [6.45, 7) is 5.18. The highest BCUT2D eigenvalue weighted by atomic mass is 19.4. The Kier molecular flexibility index (Phi) is 9.38. The van der Waals surface area contributed by atoms with Gasteiger partial charge in [0.1, 0.15) is 42.8 Å². The molecule has 1 aromatic heterocycles. The highest BCUT2D eigenvalue weighted by Gasteiger charge is 2.30. The average Bonchev–Trinajstić information content (AvgIpc) is 3.51. The Hall–Kier alpha value is -4.98. The van der Waals surface area contributed by atoms with Crippen molar-refractivity contribution >= 4 is 11.5 Å². The Labute approximate surface area is 269 Å². The molecule has 248 valence electrons. The third-order valence-corrected chi connectivity index (χ3v) is 8.23. The van der Waals surface area contributed by atoms with Crippen LogP contribution >= 0.6 is 0 Å². The number of nitrogens with zero attached hydrogens (tertiary/aromatic N) is 5. The quantitative estimate of drug-likeness (QED) is 0.144. The fourth-order valence-electron chi connectivity index (χ4n) is 5.59. The zero-order chi connectivity index (χ0) is 33.0. The number of aryl methyl sites for hydroxylation is 1. The van der Waals surface area contributed by atoms with Crippen molar-refractivity contribution in [2.45, 2.75) is 38.4 Å². The summed E-state index contributed by atoms with van der Waals surface area (Å²) in [6.07, 6.45) is -2.56. The van der Waals surface area contributed by atoms with E-state index >= 15 is 0 Å². The molecule has 0 saturated carbocycles. The van der Waals surface area contributed by atoms with Crippen LogP contribution in [0.25, 0.3) is 0 Å². The number of methoxy groups -OCH3 is 1. The zero-order valence-corrected chi connectivity index (χ0v) is 25.7. The summed E-state index contributed by atoms with van der Waals surface area (Å²) < 4.78 is 63.3. The first-order valence-electron chi connectivity index (χ1n) is 15.2. The molecule has 3 aromatic carbocycles. The Morgan fingerprint density at radius 3 is 2.36 bits per heavy atom. The van der Waals surface area contributed by atoms with E-state index in [0.29, 0.717) is 43.2 Å². The van der Waals surface area contributed by atoms with Gasteiger partial charge in [0.2, 0.25) is 0 Å². The maximum absolute atomic E-state index is 12.8. The topological polar surface area (TPSA) is 104 Å². The fraction of sp³-hybridized carbons (Fsp3) is 0.364. The molecule has 6 rings (SSSR count). The summed E-state index contributed by atoms with van der Waals surface area (Å²) in [5, 5.41) is 11.0. The van der Waals surface area contributed by atoms with Crippen LogP contribution in [0.15, 0.2) is 72.9 Å². The molecule has 47 heavy (non-hydrogen) atoms. The van der Waals surface area contributed by atoms with Crippen molar-refractivity contribution in [3.05, 3.63) is 99.7 Å². The number of fused-ring (bicyclic) bond motifs is 1. The van der Waals surface area contributed by atoms with Gasteiger partial charge in [0.25, 0.3) is 0 Å². The van der Waals surface area contributed by atoms with Crippen molar-refractivity contribution in [1.29, 1.82) is 0 Å². The van der Waals surface area contributed by atoms with E-state index < -0.39 is 16.7 Å². The molecule has 14 heteroatoms. The molecule has 0 radical (unpaired) electrons. The lowest BCUT2D eigenvalue weighted by Crippen LogP contribution is -2.46. The van der Waals surface area contributed by atoms with Crippen LogP contribution in [0.5, 0.6) is 23.3 Å². The van der Waals surface area contributed by atoms with Gasteiger partial charge in [-0.3, -0.25) is 9.47 Å². The molecule has 0 N–H and O–H groups in total. The molecular weight excluding hydrogens is 619 g/mol. The SMILES string of the molecule is COc1cc(OCc2ccc(C(F)(F)F)cc2)ccc1CN1CCN(c2ccc(OC[C@H]3CCn4cc([N+](=O)[O-])nc4O3)cc2)CC1. The minimum Gasteiger partial charge on any atom is -0.496 e. The first-order chi connectivity index (χ1) is 22.6. The van der Waals surface area contributed by atoms with Crippen LogP contribution in [0.3, 0.4) is 0 Å². The summed E-state index contributed by atoms with van der Waals surface area (Å²) in [4.78, 5) is 19.0. The lowest BCUT2D eigenvalue weighted by Gasteiger charge is -2.36. The van der Waals surface area contributed by atoms with Gasteiger partial charge in [-0.15, -0.1) is 0 Å². The molecule has 0 spiro atoms. The Morgan fingerprint density at radius 1 is 0.957 bits per heavy atom. The number of hydrogen-bond acceptors (Lipinski definition) is 9. The van der Waals surface area contributed by atoms with E-state index in [1.807, 2.05) is 36.4 Å². The van der Waals surface area contributed by atoms with Crippen LogP contribution in [0.2, 0.25) is 0 Å². The Balaban J connectivity index is 0.951. The van der Waals surface area contributed by atoms with E-state index in [1.54, 1.807) is 17.7 Å². The maximum Gasteiger partial charge on any atom is 0.416 e. The fourth-order valence-corrected chi connectivity index (χ4v) is 5.59. The van der Waals surface area contributed by atoms with Gasteiger partial charge < -0.3 is 34.0 Å². The van der Waals surface area contributed by atoms with Gasteiger partial charge in [-0.25, -0.2) is 0 Å². The van der Waals surface area contributed by atoms with E-state index in [2.05, 4.69) is 14.8 Å². The monoisotopic (exact) mass is 653 g/mol. The Bertz CT molecular complexity index is 1670. The molecule has 0 bridgehead atoms. The number of nitro groups is 1. The number of anilines is 1. The number of halogens is 3. The summed E-state index contributed by atoms with van der Waals surface area (Å²) >= 11 is 0. The number of alkyl halides is 3. The van der Waals surface area contributed by atoms with Crippen LogP contribution in [0.1, 0.15) is 23.1 Å². The maximum atomic E-state index is 12.8. The second-order valence-electron chi connectivity index (χ2n) is 11.4. The van der Waals surface area contributed by atoms with Gasteiger partial charge in [-0.2, -0.15) is 13.2 Å². The molecule has 0 aliphatic carbocycles. The van der Waals surface area contributed by atoms with Crippen molar-refractivity contribution in [3.8, 4) is 23.3 Å². The molecule has 2 aliphatic rings. The highest BCUT2D eigenvalue weighted by molar-refractivity contribution is 5.49. The molecule has 1 saturated heterocycles. The lowest BCUT2D eigenvalue weighted by atomic mass is 10.1. The first kappa shape index (κ1) is 32.0. The van der Waals surface area contributed by atoms with Crippen molar-refractivity contribution in [2.75, 3.05) is 44.8 Å². The largest absolute Gasteiger partial charge is 0.496 e. The zero-order valence-electron chi connectivity index (χ0n) is 25.7. The summed E-state index contributed by atoms with van der Waals surface area (Å²) in [5.41, 5.74) is 2.08. The van der Waals surface area contributed by atoms with E-state index in [-0.39, 0.29) is 24.5 Å². The number of hydrogen-bond donors (Lipinski definition) is 0. The number of piperazine rings is 1. The first-order valence-corrected chi connectivity index (χ1v) is 15.2. The van der Waals surface area contributed by atoms with Gasteiger partial charge in [-0.05, 0) is 53.0 Å². The second-order valence-corrected chi connectivity index (χ2v) is 11.4. The number of aromatic nitrogens is 2. The normalized spacial score (nSPS) is 16.7. The van der Waals surface area contributed by atoms with E-state index in [9.17, 15) is 23.3 Å². The van der Waals surface area contributed by atoms with E-state index in [4.69, 9.17) is 18.9 Å². The Morgan fingerprint density at radius 2 is 1.68 bits per heavy atom.